The van der Waals surface area contributed by atoms with Crippen LogP contribution < -0.4 is 5.32 Å². The maximum Gasteiger partial charge on any atom is 0.0408 e. The van der Waals surface area contributed by atoms with Crippen LogP contribution in [0, 0.1) is 6.92 Å². The summed E-state index contributed by atoms with van der Waals surface area (Å²) in [5.74, 6) is 0. The Labute approximate surface area is 114 Å². The van der Waals surface area contributed by atoms with E-state index in [-0.39, 0.29) is 0 Å². The molecule has 2 aromatic carbocycles. The van der Waals surface area contributed by atoms with Gasteiger partial charge in [-0.1, -0.05) is 48.0 Å². The van der Waals surface area contributed by atoms with Crippen molar-refractivity contribution in [2.45, 2.75) is 19.9 Å². The number of aryl methyl sites for hydroxylation is 1. The summed E-state index contributed by atoms with van der Waals surface area (Å²) in [4.78, 5) is 0. The lowest BCUT2D eigenvalue weighted by molar-refractivity contribution is 0.684. The third-order valence-corrected chi connectivity index (χ3v) is 3.29. The molecule has 0 heterocycles. The van der Waals surface area contributed by atoms with Gasteiger partial charge in [0.1, 0.15) is 0 Å². The fraction of sp³-hybridized carbons (Fsp3) is 0.250. The molecule has 0 aliphatic heterocycles. The molecule has 0 fully saturated rings. The maximum absolute atomic E-state index is 5.94. The van der Waals surface area contributed by atoms with E-state index in [0.29, 0.717) is 0 Å². The van der Waals surface area contributed by atoms with Gasteiger partial charge in [0, 0.05) is 11.6 Å². The summed E-state index contributed by atoms with van der Waals surface area (Å²) in [7, 11) is 0. The molecule has 2 rings (SSSR count). The molecule has 18 heavy (non-hydrogen) atoms. The SMILES string of the molecule is Cc1cc(Cl)ccc1CNCCc1ccccc1. The quantitative estimate of drug-likeness (QED) is 0.801. The van der Waals surface area contributed by atoms with Gasteiger partial charge in [-0.05, 0) is 48.7 Å². The van der Waals surface area contributed by atoms with Crippen molar-refractivity contribution in [1.29, 1.82) is 0 Å². The molecule has 0 saturated heterocycles. The van der Waals surface area contributed by atoms with Crippen LogP contribution in [0.1, 0.15) is 16.7 Å². The van der Waals surface area contributed by atoms with Gasteiger partial charge in [-0.2, -0.15) is 0 Å². The average Bonchev–Trinajstić information content (AvgIpc) is 2.38. The van der Waals surface area contributed by atoms with Crippen LogP contribution in [0.4, 0.5) is 0 Å². The van der Waals surface area contributed by atoms with Crippen molar-refractivity contribution in [3.05, 3.63) is 70.2 Å². The maximum atomic E-state index is 5.94. The first-order chi connectivity index (χ1) is 8.75. The van der Waals surface area contributed by atoms with Gasteiger partial charge in [0.25, 0.3) is 0 Å². The Morgan fingerprint density at radius 3 is 2.56 bits per heavy atom. The van der Waals surface area contributed by atoms with Gasteiger partial charge in [0.2, 0.25) is 0 Å². The van der Waals surface area contributed by atoms with Gasteiger partial charge in [0.05, 0.1) is 0 Å². The Morgan fingerprint density at radius 1 is 1.06 bits per heavy atom. The van der Waals surface area contributed by atoms with Gasteiger partial charge >= 0.3 is 0 Å². The summed E-state index contributed by atoms with van der Waals surface area (Å²) < 4.78 is 0. The Balaban J connectivity index is 1.79. The number of hydrogen-bond donors (Lipinski definition) is 1. The zero-order chi connectivity index (χ0) is 12.8. The number of benzene rings is 2. The Kier molecular flexibility index (Phi) is 4.80. The van der Waals surface area contributed by atoms with E-state index in [9.17, 15) is 0 Å². The molecule has 0 radical (unpaired) electrons. The molecule has 0 atom stereocenters. The fourth-order valence-electron chi connectivity index (χ4n) is 1.96. The predicted molar refractivity (Wildman–Crippen MR) is 78.0 cm³/mol. The molecule has 2 aromatic rings. The number of nitrogens with one attached hydrogen (secondary N) is 1. The van der Waals surface area contributed by atoms with E-state index in [0.717, 1.165) is 24.5 Å². The van der Waals surface area contributed by atoms with Crippen LogP contribution in [0.3, 0.4) is 0 Å². The van der Waals surface area contributed by atoms with Crippen LogP contribution in [-0.2, 0) is 13.0 Å². The van der Waals surface area contributed by atoms with Crippen LogP contribution >= 0.6 is 11.6 Å². The smallest absolute Gasteiger partial charge is 0.0408 e. The zero-order valence-electron chi connectivity index (χ0n) is 10.6. The monoisotopic (exact) mass is 259 g/mol. The molecule has 0 amide bonds. The van der Waals surface area contributed by atoms with Crippen molar-refractivity contribution in [3.63, 3.8) is 0 Å². The molecular weight excluding hydrogens is 242 g/mol. The van der Waals surface area contributed by atoms with E-state index < -0.39 is 0 Å². The molecule has 0 saturated carbocycles. The van der Waals surface area contributed by atoms with Gasteiger partial charge in [-0.25, -0.2) is 0 Å². The van der Waals surface area contributed by atoms with Crippen LogP contribution in [0.5, 0.6) is 0 Å². The van der Waals surface area contributed by atoms with E-state index in [4.69, 9.17) is 11.6 Å². The minimum Gasteiger partial charge on any atom is -0.312 e. The molecule has 0 aliphatic carbocycles. The molecule has 0 aromatic heterocycles. The fourth-order valence-corrected chi connectivity index (χ4v) is 2.18. The van der Waals surface area contributed by atoms with Crippen LogP contribution in [0.15, 0.2) is 48.5 Å². The minimum atomic E-state index is 0.806. The van der Waals surface area contributed by atoms with E-state index in [1.165, 1.54) is 16.7 Å². The second kappa shape index (κ2) is 6.58. The van der Waals surface area contributed by atoms with E-state index in [1.807, 2.05) is 18.2 Å². The topological polar surface area (TPSA) is 12.0 Å². The summed E-state index contributed by atoms with van der Waals surface area (Å²) >= 11 is 5.94. The first-order valence-corrected chi connectivity index (χ1v) is 6.63. The third-order valence-electron chi connectivity index (χ3n) is 3.05. The molecule has 1 N–H and O–H groups in total. The standard InChI is InChI=1S/C16H18ClN/c1-13-11-16(17)8-7-15(13)12-18-10-9-14-5-3-2-4-6-14/h2-8,11,18H,9-10,12H2,1H3. The third kappa shape index (κ3) is 3.86. The predicted octanol–water partition coefficient (Wildman–Crippen LogP) is 3.98. The lowest BCUT2D eigenvalue weighted by Gasteiger charge is -2.08. The molecular formula is C16H18ClN. The highest BCUT2D eigenvalue weighted by molar-refractivity contribution is 6.30. The number of halogens is 1. The largest absolute Gasteiger partial charge is 0.312 e. The van der Waals surface area contributed by atoms with Crippen molar-refractivity contribution in [2.24, 2.45) is 0 Å². The van der Waals surface area contributed by atoms with Crippen molar-refractivity contribution >= 4 is 11.6 Å². The molecule has 0 aliphatic rings. The van der Waals surface area contributed by atoms with Gasteiger partial charge in [-0.3, -0.25) is 0 Å². The van der Waals surface area contributed by atoms with Crippen LogP contribution in [-0.4, -0.2) is 6.54 Å². The number of rotatable bonds is 5. The Morgan fingerprint density at radius 2 is 1.83 bits per heavy atom. The Hall–Kier alpha value is -1.31. The highest BCUT2D eigenvalue weighted by Crippen LogP contribution is 2.14. The minimum absolute atomic E-state index is 0.806. The molecule has 0 unspecified atom stereocenters. The van der Waals surface area contributed by atoms with E-state index >= 15 is 0 Å². The second-order valence-electron chi connectivity index (χ2n) is 4.48. The number of hydrogen-bond acceptors (Lipinski definition) is 1. The molecule has 2 heteroatoms. The summed E-state index contributed by atoms with van der Waals surface area (Å²) in [5.41, 5.74) is 3.93. The van der Waals surface area contributed by atoms with E-state index in [2.05, 4.69) is 42.6 Å². The lowest BCUT2D eigenvalue weighted by atomic mass is 10.1. The lowest BCUT2D eigenvalue weighted by Crippen LogP contribution is -2.17. The average molecular weight is 260 g/mol. The molecule has 0 bridgehead atoms. The first-order valence-electron chi connectivity index (χ1n) is 6.25. The zero-order valence-corrected chi connectivity index (χ0v) is 11.4. The highest BCUT2D eigenvalue weighted by atomic mass is 35.5. The molecule has 0 spiro atoms. The van der Waals surface area contributed by atoms with Crippen molar-refractivity contribution in [3.8, 4) is 0 Å². The summed E-state index contributed by atoms with van der Waals surface area (Å²) in [5, 5.41) is 4.27. The van der Waals surface area contributed by atoms with Gasteiger partial charge in [0.15, 0.2) is 0 Å². The second-order valence-corrected chi connectivity index (χ2v) is 4.92. The van der Waals surface area contributed by atoms with Crippen molar-refractivity contribution < 1.29 is 0 Å². The van der Waals surface area contributed by atoms with Gasteiger partial charge < -0.3 is 5.32 Å². The van der Waals surface area contributed by atoms with E-state index in [1.54, 1.807) is 0 Å². The summed E-state index contributed by atoms with van der Waals surface area (Å²) in [6, 6.07) is 16.6. The van der Waals surface area contributed by atoms with Crippen molar-refractivity contribution in [1.82, 2.24) is 5.32 Å². The van der Waals surface area contributed by atoms with Crippen molar-refractivity contribution in [2.75, 3.05) is 6.54 Å². The summed E-state index contributed by atoms with van der Waals surface area (Å²) in [6.07, 6.45) is 1.06. The molecule has 94 valence electrons. The first kappa shape index (κ1) is 13.1. The van der Waals surface area contributed by atoms with Crippen LogP contribution in [0.25, 0.3) is 0 Å². The normalized spacial score (nSPS) is 10.6. The Bertz CT molecular complexity index is 494. The highest BCUT2D eigenvalue weighted by Gasteiger charge is 1.99. The summed E-state index contributed by atoms with van der Waals surface area (Å²) in [6.45, 7) is 3.99. The molecule has 1 nitrogen and oxygen atoms in total. The van der Waals surface area contributed by atoms with Crippen LogP contribution in [0.2, 0.25) is 5.02 Å². The van der Waals surface area contributed by atoms with Gasteiger partial charge in [-0.15, -0.1) is 0 Å².